The summed E-state index contributed by atoms with van der Waals surface area (Å²) in [6, 6.07) is 7.75. The summed E-state index contributed by atoms with van der Waals surface area (Å²) >= 11 is 0. The van der Waals surface area contributed by atoms with Gasteiger partial charge in [-0.3, -0.25) is 0 Å². The molecule has 2 rings (SSSR count). The summed E-state index contributed by atoms with van der Waals surface area (Å²) in [6.07, 6.45) is 1.85. The van der Waals surface area contributed by atoms with Crippen LogP contribution in [0.2, 0.25) is 0 Å². The SMILES string of the molecule is COc1ccc(-c2c[nH]c(CN)n2)cc1. The molecule has 0 fully saturated rings. The van der Waals surface area contributed by atoms with Crippen LogP contribution in [0.5, 0.6) is 5.75 Å². The number of nitrogens with two attached hydrogens (primary N) is 1. The van der Waals surface area contributed by atoms with Gasteiger partial charge < -0.3 is 15.5 Å². The highest BCUT2D eigenvalue weighted by Crippen LogP contribution is 2.20. The lowest BCUT2D eigenvalue weighted by atomic mass is 10.2. The van der Waals surface area contributed by atoms with Gasteiger partial charge in [0.15, 0.2) is 0 Å². The van der Waals surface area contributed by atoms with E-state index in [9.17, 15) is 0 Å². The van der Waals surface area contributed by atoms with Gasteiger partial charge in [-0.25, -0.2) is 4.98 Å². The molecule has 0 aliphatic carbocycles. The van der Waals surface area contributed by atoms with Crippen molar-refractivity contribution in [2.45, 2.75) is 6.54 Å². The maximum absolute atomic E-state index is 5.47. The van der Waals surface area contributed by atoms with Crippen molar-refractivity contribution in [3.05, 3.63) is 36.3 Å². The zero-order valence-corrected chi connectivity index (χ0v) is 8.53. The lowest BCUT2D eigenvalue weighted by Crippen LogP contribution is -1.97. The van der Waals surface area contributed by atoms with Crippen molar-refractivity contribution in [2.75, 3.05) is 7.11 Å². The number of aromatic amines is 1. The van der Waals surface area contributed by atoms with Crippen LogP contribution in [0.1, 0.15) is 5.82 Å². The van der Waals surface area contributed by atoms with Gasteiger partial charge in [0.05, 0.1) is 19.3 Å². The van der Waals surface area contributed by atoms with Crippen LogP contribution in [0.3, 0.4) is 0 Å². The van der Waals surface area contributed by atoms with E-state index in [0.29, 0.717) is 6.54 Å². The molecule has 0 amide bonds. The molecule has 1 aromatic heterocycles. The predicted octanol–water partition coefficient (Wildman–Crippen LogP) is 1.54. The standard InChI is InChI=1S/C11H13N3O/c1-15-9-4-2-8(3-5-9)10-7-13-11(6-12)14-10/h2-5,7H,6,12H2,1H3,(H,13,14). The smallest absolute Gasteiger partial charge is 0.120 e. The Balaban J connectivity index is 2.28. The minimum Gasteiger partial charge on any atom is -0.497 e. The van der Waals surface area contributed by atoms with Crippen molar-refractivity contribution in [2.24, 2.45) is 5.73 Å². The van der Waals surface area contributed by atoms with Gasteiger partial charge in [0, 0.05) is 11.8 Å². The quantitative estimate of drug-likeness (QED) is 0.795. The molecule has 0 unspecified atom stereocenters. The number of hydrogen-bond acceptors (Lipinski definition) is 3. The molecule has 1 aromatic carbocycles. The topological polar surface area (TPSA) is 63.9 Å². The van der Waals surface area contributed by atoms with E-state index >= 15 is 0 Å². The second-order valence-corrected chi connectivity index (χ2v) is 3.17. The second-order valence-electron chi connectivity index (χ2n) is 3.17. The molecule has 1 heterocycles. The largest absolute Gasteiger partial charge is 0.497 e. The maximum atomic E-state index is 5.47. The third-order valence-electron chi connectivity index (χ3n) is 2.21. The number of methoxy groups -OCH3 is 1. The molecule has 0 saturated heterocycles. The number of rotatable bonds is 3. The van der Waals surface area contributed by atoms with Crippen LogP contribution >= 0.6 is 0 Å². The molecule has 3 N–H and O–H groups in total. The lowest BCUT2D eigenvalue weighted by Gasteiger charge is -2.00. The number of benzene rings is 1. The summed E-state index contributed by atoms with van der Waals surface area (Å²) in [5.41, 5.74) is 7.42. The van der Waals surface area contributed by atoms with Gasteiger partial charge in [-0.1, -0.05) is 0 Å². The van der Waals surface area contributed by atoms with Crippen molar-refractivity contribution in [1.29, 1.82) is 0 Å². The highest BCUT2D eigenvalue weighted by molar-refractivity contribution is 5.59. The summed E-state index contributed by atoms with van der Waals surface area (Å²) in [6.45, 7) is 0.427. The van der Waals surface area contributed by atoms with Gasteiger partial charge in [0.2, 0.25) is 0 Å². The normalized spacial score (nSPS) is 10.3. The molecule has 2 aromatic rings. The minimum absolute atomic E-state index is 0.427. The highest BCUT2D eigenvalue weighted by Gasteiger charge is 2.02. The van der Waals surface area contributed by atoms with Crippen LogP contribution in [-0.2, 0) is 6.54 Å². The average Bonchev–Trinajstić information content (AvgIpc) is 2.78. The van der Waals surface area contributed by atoms with E-state index in [2.05, 4.69) is 9.97 Å². The zero-order valence-electron chi connectivity index (χ0n) is 8.53. The number of imidazole rings is 1. The van der Waals surface area contributed by atoms with Crippen molar-refractivity contribution in [3.63, 3.8) is 0 Å². The number of H-pyrrole nitrogens is 1. The van der Waals surface area contributed by atoms with Crippen molar-refractivity contribution >= 4 is 0 Å². The molecule has 0 saturated carbocycles. The summed E-state index contributed by atoms with van der Waals surface area (Å²) in [7, 11) is 1.65. The second kappa shape index (κ2) is 4.14. The average molecular weight is 203 g/mol. The highest BCUT2D eigenvalue weighted by atomic mass is 16.5. The summed E-state index contributed by atoms with van der Waals surface area (Å²) in [4.78, 5) is 7.35. The van der Waals surface area contributed by atoms with Gasteiger partial charge in [0.25, 0.3) is 0 Å². The molecule has 4 nitrogen and oxygen atoms in total. The summed E-state index contributed by atoms with van der Waals surface area (Å²) in [5.74, 6) is 1.63. The minimum atomic E-state index is 0.427. The Hall–Kier alpha value is -1.81. The van der Waals surface area contributed by atoms with Gasteiger partial charge in [-0.05, 0) is 24.3 Å². The third-order valence-corrected chi connectivity index (χ3v) is 2.21. The van der Waals surface area contributed by atoms with Crippen molar-refractivity contribution in [3.8, 4) is 17.0 Å². The first-order valence-corrected chi connectivity index (χ1v) is 4.72. The van der Waals surface area contributed by atoms with Gasteiger partial charge in [0.1, 0.15) is 11.6 Å². The Bertz CT molecular complexity index is 433. The fraction of sp³-hybridized carbons (Fsp3) is 0.182. The Kier molecular flexibility index (Phi) is 2.69. The number of hydrogen-bond donors (Lipinski definition) is 2. The van der Waals surface area contributed by atoms with Crippen molar-refractivity contribution < 1.29 is 4.74 Å². The van der Waals surface area contributed by atoms with Gasteiger partial charge in [-0.15, -0.1) is 0 Å². The van der Waals surface area contributed by atoms with Crippen LogP contribution in [0.4, 0.5) is 0 Å². The number of nitrogens with zero attached hydrogens (tertiary/aromatic N) is 1. The molecule has 0 atom stereocenters. The molecule has 0 spiro atoms. The molecule has 4 heteroatoms. The first-order chi connectivity index (χ1) is 7.33. The first kappa shape index (κ1) is 9.73. The Morgan fingerprint density at radius 1 is 1.33 bits per heavy atom. The number of ether oxygens (including phenoxy) is 1. The molecule has 0 aliphatic rings. The Morgan fingerprint density at radius 2 is 2.07 bits per heavy atom. The van der Waals surface area contributed by atoms with Crippen LogP contribution in [-0.4, -0.2) is 17.1 Å². The van der Waals surface area contributed by atoms with E-state index in [-0.39, 0.29) is 0 Å². The van der Waals surface area contributed by atoms with Crippen LogP contribution in [0.25, 0.3) is 11.3 Å². The summed E-state index contributed by atoms with van der Waals surface area (Å²) in [5, 5.41) is 0. The number of aromatic nitrogens is 2. The van der Waals surface area contributed by atoms with Crippen LogP contribution < -0.4 is 10.5 Å². The van der Waals surface area contributed by atoms with Crippen molar-refractivity contribution in [1.82, 2.24) is 9.97 Å². The molecular weight excluding hydrogens is 190 g/mol. The monoisotopic (exact) mass is 203 g/mol. The van der Waals surface area contributed by atoms with Crippen LogP contribution in [0.15, 0.2) is 30.5 Å². The maximum Gasteiger partial charge on any atom is 0.120 e. The molecule has 0 bridgehead atoms. The number of nitrogens with one attached hydrogen (secondary N) is 1. The van der Waals surface area contributed by atoms with Gasteiger partial charge in [-0.2, -0.15) is 0 Å². The van der Waals surface area contributed by atoms with E-state index in [4.69, 9.17) is 10.5 Å². The van der Waals surface area contributed by atoms with E-state index in [0.717, 1.165) is 22.8 Å². The van der Waals surface area contributed by atoms with E-state index in [1.807, 2.05) is 30.5 Å². The third kappa shape index (κ3) is 1.99. The molecule has 15 heavy (non-hydrogen) atoms. The fourth-order valence-electron chi connectivity index (χ4n) is 1.38. The molecule has 0 aliphatic heterocycles. The molecule has 78 valence electrons. The molecular formula is C11H13N3O. The molecule has 0 radical (unpaired) electrons. The summed E-state index contributed by atoms with van der Waals surface area (Å²) < 4.78 is 5.08. The van der Waals surface area contributed by atoms with E-state index < -0.39 is 0 Å². The zero-order chi connectivity index (χ0) is 10.7. The Labute approximate surface area is 88.1 Å². The fourth-order valence-corrected chi connectivity index (χ4v) is 1.38. The first-order valence-electron chi connectivity index (χ1n) is 4.72. The predicted molar refractivity (Wildman–Crippen MR) is 58.5 cm³/mol. The lowest BCUT2D eigenvalue weighted by molar-refractivity contribution is 0.415. The van der Waals surface area contributed by atoms with E-state index in [1.165, 1.54) is 0 Å². The van der Waals surface area contributed by atoms with Crippen LogP contribution in [0, 0.1) is 0 Å². The van der Waals surface area contributed by atoms with Gasteiger partial charge >= 0.3 is 0 Å². The Morgan fingerprint density at radius 3 is 2.60 bits per heavy atom. The van der Waals surface area contributed by atoms with E-state index in [1.54, 1.807) is 7.11 Å².